The third kappa shape index (κ3) is 2.34. The molecule has 0 spiro atoms. The fourth-order valence-electron chi connectivity index (χ4n) is 2.13. The molecule has 0 radical (unpaired) electrons. The molecule has 0 aromatic heterocycles. The molecule has 3 rings (SSSR count). The van der Waals surface area contributed by atoms with Gasteiger partial charge in [0.2, 0.25) is 0 Å². The average molecular weight is 293 g/mol. The Hall–Kier alpha value is -1.51. The van der Waals surface area contributed by atoms with Gasteiger partial charge in [0.25, 0.3) is 0 Å². The number of carbonyl (C=O) groups excluding carboxylic acids is 1. The lowest BCUT2D eigenvalue weighted by atomic mass is 10.0. The standard InChI is InChI=1S/C15H10Cl2O2/c16-12-3-1-11(8-13(12)17)15(18)10-2-4-14-9(7-10)5-6-19-14/h1-4,7-8H,5-6H2. The monoisotopic (exact) mass is 292 g/mol. The maximum Gasteiger partial charge on any atom is 0.193 e. The van der Waals surface area contributed by atoms with E-state index in [0.717, 1.165) is 17.7 Å². The second kappa shape index (κ2) is 4.87. The third-order valence-electron chi connectivity index (χ3n) is 3.13. The van der Waals surface area contributed by atoms with Gasteiger partial charge in [0.15, 0.2) is 5.78 Å². The highest BCUT2D eigenvalue weighted by Crippen LogP contribution is 2.28. The number of ether oxygens (including phenoxy) is 1. The van der Waals surface area contributed by atoms with Crippen LogP contribution >= 0.6 is 23.2 Å². The zero-order valence-electron chi connectivity index (χ0n) is 9.95. The largest absolute Gasteiger partial charge is 0.493 e. The van der Waals surface area contributed by atoms with Crippen LogP contribution in [0.4, 0.5) is 0 Å². The van der Waals surface area contributed by atoms with Gasteiger partial charge in [-0.1, -0.05) is 23.2 Å². The van der Waals surface area contributed by atoms with E-state index in [2.05, 4.69) is 0 Å². The van der Waals surface area contributed by atoms with Crippen molar-refractivity contribution in [3.8, 4) is 5.75 Å². The first-order chi connectivity index (χ1) is 9.15. The molecule has 4 heteroatoms. The summed E-state index contributed by atoms with van der Waals surface area (Å²) in [5.74, 6) is 0.805. The van der Waals surface area contributed by atoms with Crippen molar-refractivity contribution in [2.45, 2.75) is 6.42 Å². The van der Waals surface area contributed by atoms with Crippen LogP contribution < -0.4 is 4.74 Å². The highest BCUT2D eigenvalue weighted by molar-refractivity contribution is 6.42. The quantitative estimate of drug-likeness (QED) is 0.777. The van der Waals surface area contributed by atoms with E-state index in [-0.39, 0.29) is 5.78 Å². The molecule has 0 aliphatic carbocycles. The molecular formula is C15H10Cl2O2. The van der Waals surface area contributed by atoms with Crippen molar-refractivity contribution in [3.63, 3.8) is 0 Å². The zero-order valence-corrected chi connectivity index (χ0v) is 11.5. The molecule has 2 aromatic carbocycles. The molecule has 0 fully saturated rings. The van der Waals surface area contributed by atoms with Gasteiger partial charge < -0.3 is 4.74 Å². The number of fused-ring (bicyclic) bond motifs is 1. The molecule has 1 aliphatic rings. The number of benzene rings is 2. The summed E-state index contributed by atoms with van der Waals surface area (Å²) < 4.78 is 5.42. The fourth-order valence-corrected chi connectivity index (χ4v) is 2.43. The molecule has 0 N–H and O–H groups in total. The van der Waals surface area contributed by atoms with Gasteiger partial charge in [0.1, 0.15) is 5.75 Å². The van der Waals surface area contributed by atoms with Gasteiger partial charge in [-0.3, -0.25) is 4.79 Å². The van der Waals surface area contributed by atoms with Crippen LogP contribution in [0.5, 0.6) is 5.75 Å². The third-order valence-corrected chi connectivity index (χ3v) is 3.87. The van der Waals surface area contributed by atoms with Crippen molar-refractivity contribution in [2.24, 2.45) is 0 Å². The Morgan fingerprint density at radius 2 is 1.74 bits per heavy atom. The summed E-state index contributed by atoms with van der Waals surface area (Å²) in [6, 6.07) is 10.4. The second-order valence-electron chi connectivity index (χ2n) is 4.38. The summed E-state index contributed by atoms with van der Waals surface area (Å²) in [6.45, 7) is 0.680. The van der Waals surface area contributed by atoms with E-state index in [0.29, 0.717) is 27.8 Å². The maximum absolute atomic E-state index is 12.4. The molecule has 0 atom stereocenters. The van der Waals surface area contributed by atoms with Crippen LogP contribution in [0, 0.1) is 0 Å². The first-order valence-corrected chi connectivity index (χ1v) is 6.66. The van der Waals surface area contributed by atoms with Crippen molar-refractivity contribution in [1.29, 1.82) is 0 Å². The van der Waals surface area contributed by atoms with E-state index in [1.165, 1.54) is 0 Å². The molecule has 1 aliphatic heterocycles. The van der Waals surface area contributed by atoms with Crippen LogP contribution in [0.2, 0.25) is 10.0 Å². The van der Waals surface area contributed by atoms with Crippen LogP contribution in [0.3, 0.4) is 0 Å². The smallest absolute Gasteiger partial charge is 0.193 e. The van der Waals surface area contributed by atoms with Crippen LogP contribution in [0.1, 0.15) is 21.5 Å². The van der Waals surface area contributed by atoms with Gasteiger partial charge in [0.05, 0.1) is 16.7 Å². The van der Waals surface area contributed by atoms with Crippen molar-refractivity contribution in [2.75, 3.05) is 6.61 Å². The molecule has 2 nitrogen and oxygen atoms in total. The molecule has 96 valence electrons. The van der Waals surface area contributed by atoms with Crippen LogP contribution in [-0.2, 0) is 6.42 Å². The first kappa shape index (κ1) is 12.5. The number of halogens is 2. The molecule has 0 unspecified atom stereocenters. The van der Waals surface area contributed by atoms with E-state index in [9.17, 15) is 4.79 Å². The lowest BCUT2D eigenvalue weighted by molar-refractivity contribution is 0.103. The molecule has 19 heavy (non-hydrogen) atoms. The van der Waals surface area contributed by atoms with Crippen molar-refractivity contribution in [3.05, 3.63) is 63.1 Å². The predicted molar refractivity (Wildman–Crippen MR) is 75.5 cm³/mol. The lowest BCUT2D eigenvalue weighted by Crippen LogP contribution is -2.01. The Labute approximate surface area is 120 Å². The van der Waals surface area contributed by atoms with Gasteiger partial charge >= 0.3 is 0 Å². The molecule has 0 saturated carbocycles. The molecular weight excluding hydrogens is 283 g/mol. The SMILES string of the molecule is O=C(c1ccc(Cl)c(Cl)c1)c1ccc2c(c1)CCO2. The molecule has 2 aromatic rings. The Morgan fingerprint density at radius 3 is 2.53 bits per heavy atom. The Balaban J connectivity index is 1.97. The van der Waals surface area contributed by atoms with Gasteiger partial charge in [-0.2, -0.15) is 0 Å². The number of carbonyl (C=O) groups is 1. The van der Waals surface area contributed by atoms with E-state index in [1.54, 1.807) is 24.3 Å². The van der Waals surface area contributed by atoms with Crippen molar-refractivity contribution in [1.82, 2.24) is 0 Å². The topological polar surface area (TPSA) is 26.3 Å². The molecule has 0 amide bonds. The highest BCUT2D eigenvalue weighted by Gasteiger charge is 2.16. The van der Waals surface area contributed by atoms with E-state index < -0.39 is 0 Å². The minimum absolute atomic E-state index is 0.0618. The molecule has 0 saturated heterocycles. The Bertz CT molecular complexity index is 665. The van der Waals surface area contributed by atoms with Gasteiger partial charge in [0, 0.05) is 17.5 Å². The average Bonchev–Trinajstić information content (AvgIpc) is 2.88. The number of hydrogen-bond donors (Lipinski definition) is 0. The maximum atomic E-state index is 12.4. The van der Waals surface area contributed by atoms with Gasteiger partial charge in [-0.25, -0.2) is 0 Å². The minimum Gasteiger partial charge on any atom is -0.493 e. The van der Waals surface area contributed by atoms with Crippen LogP contribution in [-0.4, -0.2) is 12.4 Å². The second-order valence-corrected chi connectivity index (χ2v) is 5.19. The highest BCUT2D eigenvalue weighted by atomic mass is 35.5. The van der Waals surface area contributed by atoms with Gasteiger partial charge in [-0.05, 0) is 42.0 Å². The van der Waals surface area contributed by atoms with E-state index in [4.69, 9.17) is 27.9 Å². The number of hydrogen-bond acceptors (Lipinski definition) is 2. The Kier molecular flexibility index (Phi) is 3.21. The van der Waals surface area contributed by atoms with Gasteiger partial charge in [-0.15, -0.1) is 0 Å². The summed E-state index contributed by atoms with van der Waals surface area (Å²) in [5.41, 5.74) is 2.25. The molecule has 0 bridgehead atoms. The first-order valence-electron chi connectivity index (χ1n) is 5.90. The summed E-state index contributed by atoms with van der Waals surface area (Å²) in [4.78, 5) is 12.4. The fraction of sp³-hybridized carbons (Fsp3) is 0.133. The van der Waals surface area contributed by atoms with E-state index in [1.807, 2.05) is 12.1 Å². The van der Waals surface area contributed by atoms with Crippen LogP contribution in [0.15, 0.2) is 36.4 Å². The molecule has 1 heterocycles. The number of ketones is 1. The normalized spacial score (nSPS) is 12.9. The minimum atomic E-state index is -0.0618. The Morgan fingerprint density at radius 1 is 1.00 bits per heavy atom. The van der Waals surface area contributed by atoms with E-state index >= 15 is 0 Å². The zero-order chi connectivity index (χ0) is 13.4. The number of rotatable bonds is 2. The van der Waals surface area contributed by atoms with Crippen LogP contribution in [0.25, 0.3) is 0 Å². The summed E-state index contributed by atoms with van der Waals surface area (Å²) in [6.07, 6.45) is 0.845. The summed E-state index contributed by atoms with van der Waals surface area (Å²) in [5, 5.41) is 0.831. The summed E-state index contributed by atoms with van der Waals surface area (Å²) >= 11 is 11.8. The predicted octanol–water partition coefficient (Wildman–Crippen LogP) is 4.16. The van der Waals surface area contributed by atoms with Crippen molar-refractivity contribution < 1.29 is 9.53 Å². The lowest BCUT2D eigenvalue weighted by Gasteiger charge is -2.05. The van der Waals surface area contributed by atoms with Crippen molar-refractivity contribution >= 4 is 29.0 Å². The summed E-state index contributed by atoms with van der Waals surface area (Å²) in [7, 11) is 0.